The van der Waals surface area contributed by atoms with Crippen molar-refractivity contribution in [3.63, 3.8) is 0 Å². The number of thiophene rings is 1. The summed E-state index contributed by atoms with van der Waals surface area (Å²) in [7, 11) is -3.88. The maximum absolute atomic E-state index is 12.0. The fraction of sp³-hybridized carbons (Fsp3) is 0.182. The van der Waals surface area contributed by atoms with Gasteiger partial charge in [-0.25, -0.2) is 23.2 Å². The van der Waals surface area contributed by atoms with Crippen molar-refractivity contribution in [2.45, 2.75) is 18.1 Å². The molecule has 0 atom stereocenters. The van der Waals surface area contributed by atoms with Gasteiger partial charge < -0.3 is 5.11 Å². The van der Waals surface area contributed by atoms with Crippen molar-refractivity contribution in [3.8, 4) is 0 Å². The zero-order valence-corrected chi connectivity index (χ0v) is 12.7. The van der Waals surface area contributed by atoms with Gasteiger partial charge in [0.15, 0.2) is 0 Å². The van der Waals surface area contributed by atoms with Crippen LogP contribution in [0.3, 0.4) is 0 Å². The van der Waals surface area contributed by atoms with E-state index in [1.807, 2.05) is 0 Å². The summed E-state index contributed by atoms with van der Waals surface area (Å²) in [6.07, 6.45) is 0. The molecule has 21 heavy (non-hydrogen) atoms. The Labute approximate surface area is 124 Å². The molecule has 0 spiro atoms. The number of aryl methyl sites for hydroxylation is 2. The molecule has 0 saturated carbocycles. The van der Waals surface area contributed by atoms with Crippen molar-refractivity contribution in [1.29, 1.82) is 0 Å². The van der Waals surface area contributed by atoms with E-state index in [0.717, 1.165) is 17.4 Å². The number of carbonyl (C=O) groups is 1. The minimum Gasteiger partial charge on any atom is -0.478 e. The summed E-state index contributed by atoms with van der Waals surface area (Å²) in [5.41, 5.74) is 3.70. The number of nitrogens with one attached hydrogen (secondary N) is 2. The van der Waals surface area contributed by atoms with E-state index in [-0.39, 0.29) is 15.7 Å². The maximum Gasteiger partial charge on any atom is 0.336 e. The standard InChI is InChI=1S/C11H12N4O4S2/c1-6-3-7(2)13-11(12-6)14-15-21(18,19)9-4-8(5-20-9)10(16)17/h3-5,15H,1-2H3,(H,16,17)(H,12,13,14). The van der Waals surface area contributed by atoms with Crippen LogP contribution in [-0.4, -0.2) is 29.5 Å². The average Bonchev–Trinajstić information content (AvgIpc) is 2.86. The molecule has 8 nitrogen and oxygen atoms in total. The van der Waals surface area contributed by atoms with Crippen molar-refractivity contribution >= 4 is 33.3 Å². The molecule has 112 valence electrons. The first kappa shape index (κ1) is 15.4. The molecule has 0 aromatic carbocycles. The quantitative estimate of drug-likeness (QED) is 0.704. The van der Waals surface area contributed by atoms with Crippen LogP contribution in [0.15, 0.2) is 21.7 Å². The summed E-state index contributed by atoms with van der Waals surface area (Å²) >= 11 is 0.814. The molecule has 0 amide bonds. The Morgan fingerprint density at radius 2 is 1.86 bits per heavy atom. The van der Waals surface area contributed by atoms with Crippen LogP contribution in [-0.2, 0) is 10.0 Å². The van der Waals surface area contributed by atoms with Gasteiger partial charge in [0.25, 0.3) is 10.0 Å². The summed E-state index contributed by atoms with van der Waals surface area (Å²) < 4.78 is 23.9. The molecule has 2 rings (SSSR count). The number of hydrogen-bond acceptors (Lipinski definition) is 7. The molecule has 0 bridgehead atoms. The number of aromatic carboxylic acids is 1. The van der Waals surface area contributed by atoms with E-state index < -0.39 is 16.0 Å². The maximum atomic E-state index is 12.0. The van der Waals surface area contributed by atoms with Gasteiger partial charge in [-0.15, -0.1) is 16.2 Å². The Hall–Kier alpha value is -2.04. The Morgan fingerprint density at radius 3 is 2.38 bits per heavy atom. The molecule has 0 unspecified atom stereocenters. The lowest BCUT2D eigenvalue weighted by Gasteiger charge is -2.07. The number of carboxylic acid groups (broad SMARTS) is 1. The number of hydrazine groups is 1. The third kappa shape index (κ3) is 3.74. The van der Waals surface area contributed by atoms with Gasteiger partial charge in [-0.3, -0.25) is 5.43 Å². The summed E-state index contributed by atoms with van der Waals surface area (Å²) in [5.74, 6) is -1.07. The molecule has 0 saturated heterocycles. The Kier molecular flexibility index (Phi) is 4.21. The van der Waals surface area contributed by atoms with E-state index in [2.05, 4.69) is 20.2 Å². The van der Waals surface area contributed by atoms with Crippen LogP contribution in [0.5, 0.6) is 0 Å². The van der Waals surface area contributed by atoms with Crippen molar-refractivity contribution < 1.29 is 18.3 Å². The molecule has 2 aromatic rings. The molecular formula is C11H12N4O4S2. The Balaban J connectivity index is 2.15. The Morgan fingerprint density at radius 1 is 1.24 bits per heavy atom. The van der Waals surface area contributed by atoms with Gasteiger partial charge in [0.1, 0.15) is 4.21 Å². The highest BCUT2D eigenvalue weighted by Crippen LogP contribution is 2.20. The molecule has 0 aliphatic carbocycles. The zero-order valence-electron chi connectivity index (χ0n) is 11.1. The van der Waals surface area contributed by atoms with Gasteiger partial charge in [-0.2, -0.15) is 0 Å². The summed E-state index contributed by atoms with van der Waals surface area (Å²) in [5, 5.41) is 10.0. The monoisotopic (exact) mass is 328 g/mol. The predicted octanol–water partition coefficient (Wildman–Crippen LogP) is 1.16. The first-order chi connectivity index (χ1) is 9.78. The van der Waals surface area contributed by atoms with E-state index in [1.165, 1.54) is 5.38 Å². The van der Waals surface area contributed by atoms with E-state index in [0.29, 0.717) is 11.4 Å². The van der Waals surface area contributed by atoms with Crippen molar-refractivity contribution in [1.82, 2.24) is 14.8 Å². The molecule has 0 radical (unpaired) electrons. The third-order valence-electron chi connectivity index (χ3n) is 2.37. The number of aromatic nitrogens is 2. The van der Waals surface area contributed by atoms with Gasteiger partial charge in [0.2, 0.25) is 5.95 Å². The third-order valence-corrected chi connectivity index (χ3v) is 5.05. The second-order valence-corrected chi connectivity index (χ2v) is 6.98. The van der Waals surface area contributed by atoms with E-state index in [9.17, 15) is 13.2 Å². The van der Waals surface area contributed by atoms with Gasteiger partial charge in [0.05, 0.1) is 5.56 Å². The molecular weight excluding hydrogens is 316 g/mol. The lowest BCUT2D eigenvalue weighted by Crippen LogP contribution is -2.30. The fourth-order valence-electron chi connectivity index (χ4n) is 1.51. The van der Waals surface area contributed by atoms with Gasteiger partial charge in [0, 0.05) is 16.8 Å². The lowest BCUT2D eigenvalue weighted by molar-refractivity contribution is 0.0697. The molecule has 10 heteroatoms. The number of sulfonamides is 1. The topological polar surface area (TPSA) is 121 Å². The first-order valence-corrected chi connectivity index (χ1v) is 8.06. The average molecular weight is 328 g/mol. The van der Waals surface area contributed by atoms with Crippen LogP contribution < -0.4 is 10.3 Å². The highest BCUT2D eigenvalue weighted by molar-refractivity contribution is 7.91. The molecule has 0 fully saturated rings. The number of carboxylic acids is 1. The van der Waals surface area contributed by atoms with Crippen molar-refractivity contribution in [2.75, 3.05) is 5.43 Å². The molecule has 2 heterocycles. The minimum atomic E-state index is -3.88. The number of rotatable bonds is 5. The SMILES string of the molecule is Cc1cc(C)nc(NNS(=O)(=O)c2cc(C(=O)O)cs2)n1. The molecule has 2 aromatic heterocycles. The van der Waals surface area contributed by atoms with Crippen LogP contribution in [0.1, 0.15) is 21.7 Å². The molecule has 0 aliphatic heterocycles. The van der Waals surface area contributed by atoms with Crippen LogP contribution in [0.2, 0.25) is 0 Å². The normalized spacial score (nSPS) is 11.3. The Bertz CT molecular complexity index is 765. The summed E-state index contributed by atoms with van der Waals surface area (Å²) in [4.78, 5) is 20.9. The number of nitrogens with zero attached hydrogens (tertiary/aromatic N) is 2. The fourth-order valence-corrected chi connectivity index (χ4v) is 3.51. The van der Waals surface area contributed by atoms with Crippen molar-refractivity contribution in [2.24, 2.45) is 0 Å². The van der Waals surface area contributed by atoms with Crippen LogP contribution >= 0.6 is 11.3 Å². The summed E-state index contributed by atoms with van der Waals surface area (Å²) in [6, 6.07) is 2.83. The number of anilines is 1. The van der Waals surface area contributed by atoms with Gasteiger partial charge in [-0.1, -0.05) is 0 Å². The molecule has 0 aliphatic rings. The van der Waals surface area contributed by atoms with Crippen molar-refractivity contribution in [3.05, 3.63) is 34.5 Å². The van der Waals surface area contributed by atoms with Gasteiger partial charge >= 0.3 is 5.97 Å². The molecule has 3 N–H and O–H groups in total. The summed E-state index contributed by atoms with van der Waals surface area (Å²) in [6.45, 7) is 3.51. The van der Waals surface area contributed by atoms with Crippen LogP contribution in [0.25, 0.3) is 0 Å². The van der Waals surface area contributed by atoms with Crippen LogP contribution in [0, 0.1) is 13.8 Å². The van der Waals surface area contributed by atoms with Crippen LogP contribution in [0.4, 0.5) is 5.95 Å². The second-order valence-electron chi connectivity index (χ2n) is 4.16. The first-order valence-electron chi connectivity index (χ1n) is 5.70. The predicted molar refractivity (Wildman–Crippen MR) is 76.7 cm³/mol. The minimum absolute atomic E-state index is 0.0805. The highest BCUT2D eigenvalue weighted by Gasteiger charge is 2.19. The van der Waals surface area contributed by atoms with E-state index in [4.69, 9.17) is 5.11 Å². The van der Waals surface area contributed by atoms with E-state index in [1.54, 1.807) is 19.9 Å². The lowest BCUT2D eigenvalue weighted by atomic mass is 10.4. The van der Waals surface area contributed by atoms with E-state index >= 15 is 0 Å². The zero-order chi connectivity index (χ0) is 15.6. The largest absolute Gasteiger partial charge is 0.478 e. The smallest absolute Gasteiger partial charge is 0.336 e. The number of hydrogen-bond donors (Lipinski definition) is 3. The van der Waals surface area contributed by atoms with Gasteiger partial charge in [-0.05, 0) is 26.0 Å². The second kappa shape index (κ2) is 5.76. The highest BCUT2D eigenvalue weighted by atomic mass is 32.2.